The molecule has 0 aliphatic carbocycles. The summed E-state index contributed by atoms with van der Waals surface area (Å²) in [7, 11) is 0. The van der Waals surface area contributed by atoms with Gasteiger partial charge in [0, 0.05) is 55.2 Å². The molecule has 3 aromatic heterocycles. The van der Waals surface area contributed by atoms with E-state index in [0.29, 0.717) is 36.3 Å². The van der Waals surface area contributed by atoms with E-state index < -0.39 is 0 Å². The molecule has 35 heavy (non-hydrogen) atoms. The smallest absolute Gasteiger partial charge is 0.274 e. The van der Waals surface area contributed by atoms with Crippen LogP contribution in [0.25, 0.3) is 17.3 Å². The highest BCUT2D eigenvalue weighted by Gasteiger charge is 2.25. The Morgan fingerprint density at radius 1 is 1.03 bits per heavy atom. The van der Waals surface area contributed by atoms with E-state index >= 15 is 0 Å². The molecule has 0 atom stereocenters. The molecule has 4 aromatic rings. The number of carbonyl (C=O) groups excluding carboxylic acids is 1. The first-order valence-corrected chi connectivity index (χ1v) is 11.7. The van der Waals surface area contributed by atoms with Crippen molar-refractivity contribution in [1.29, 1.82) is 0 Å². The number of rotatable bonds is 4. The molecule has 1 aliphatic rings. The van der Waals surface area contributed by atoms with E-state index in [-0.39, 0.29) is 11.3 Å². The van der Waals surface area contributed by atoms with Gasteiger partial charge in [-0.1, -0.05) is 44.1 Å². The lowest BCUT2D eigenvalue weighted by atomic mass is 9.96. The van der Waals surface area contributed by atoms with Gasteiger partial charge in [0.25, 0.3) is 11.8 Å². The number of hydrogen-bond donors (Lipinski definition) is 0. The Labute approximate surface area is 204 Å². The van der Waals surface area contributed by atoms with Crippen LogP contribution in [-0.4, -0.2) is 61.7 Å². The molecule has 1 amide bonds. The van der Waals surface area contributed by atoms with Gasteiger partial charge < -0.3 is 14.3 Å². The summed E-state index contributed by atoms with van der Waals surface area (Å²) in [6.07, 6.45) is 5.01. The Bertz CT molecular complexity index is 1340. The van der Waals surface area contributed by atoms with Gasteiger partial charge in [-0.05, 0) is 30.7 Å². The molecule has 1 aliphatic heterocycles. The maximum absolute atomic E-state index is 13.1. The maximum atomic E-state index is 13.1. The van der Waals surface area contributed by atoms with Crippen molar-refractivity contribution in [1.82, 2.24) is 29.6 Å². The van der Waals surface area contributed by atoms with E-state index in [1.807, 2.05) is 43.9 Å². The minimum atomic E-state index is -0.206. The van der Waals surface area contributed by atoms with Gasteiger partial charge in [0.2, 0.25) is 0 Å². The van der Waals surface area contributed by atoms with Crippen LogP contribution in [0.15, 0.2) is 59.6 Å². The summed E-state index contributed by atoms with van der Waals surface area (Å²) in [5.74, 6) is 1.62. The zero-order valence-corrected chi connectivity index (χ0v) is 20.5. The molecule has 1 fully saturated rings. The van der Waals surface area contributed by atoms with Gasteiger partial charge >= 0.3 is 0 Å². The number of hydrogen-bond acceptors (Lipinski definition) is 7. The van der Waals surface area contributed by atoms with Crippen LogP contribution in [0.5, 0.6) is 0 Å². The molecule has 0 bridgehead atoms. The van der Waals surface area contributed by atoms with Gasteiger partial charge in [0.1, 0.15) is 17.8 Å². The van der Waals surface area contributed by atoms with Crippen molar-refractivity contribution >= 4 is 11.6 Å². The Balaban J connectivity index is 1.28. The van der Waals surface area contributed by atoms with E-state index in [1.54, 1.807) is 23.3 Å². The van der Waals surface area contributed by atoms with Crippen molar-refractivity contribution < 1.29 is 9.32 Å². The predicted octanol–water partition coefficient (Wildman–Crippen LogP) is 3.89. The molecule has 0 spiro atoms. The number of anilines is 1. The van der Waals surface area contributed by atoms with Gasteiger partial charge in [-0.3, -0.25) is 9.36 Å². The highest BCUT2D eigenvalue weighted by atomic mass is 16.5. The van der Waals surface area contributed by atoms with Crippen LogP contribution in [0.4, 0.5) is 5.69 Å². The first-order valence-electron chi connectivity index (χ1n) is 11.7. The lowest BCUT2D eigenvalue weighted by Gasteiger charge is -2.36. The maximum Gasteiger partial charge on any atom is 0.274 e. The molecule has 4 heterocycles. The van der Waals surface area contributed by atoms with E-state index in [9.17, 15) is 4.79 Å². The fraction of sp³-hybridized carbons (Fsp3) is 0.346. The number of para-hydroxylation sites is 1. The Morgan fingerprint density at radius 2 is 1.80 bits per heavy atom. The normalized spacial score (nSPS) is 14.4. The van der Waals surface area contributed by atoms with Gasteiger partial charge in [0.15, 0.2) is 5.82 Å². The molecule has 5 rings (SSSR count). The third-order valence-electron chi connectivity index (χ3n) is 6.18. The molecule has 0 N–H and O–H groups in total. The first kappa shape index (κ1) is 22.8. The van der Waals surface area contributed by atoms with Crippen LogP contribution in [0.1, 0.15) is 42.6 Å². The fourth-order valence-corrected chi connectivity index (χ4v) is 4.13. The third-order valence-corrected chi connectivity index (χ3v) is 6.18. The molecule has 1 aromatic carbocycles. The van der Waals surface area contributed by atoms with Crippen LogP contribution < -0.4 is 4.90 Å². The zero-order chi connectivity index (χ0) is 24.6. The van der Waals surface area contributed by atoms with Crippen molar-refractivity contribution in [2.75, 3.05) is 31.1 Å². The summed E-state index contributed by atoms with van der Waals surface area (Å²) in [6.45, 7) is 11.1. The molecule has 180 valence electrons. The molecule has 1 saturated heterocycles. The van der Waals surface area contributed by atoms with Gasteiger partial charge in [-0.15, -0.1) is 0 Å². The van der Waals surface area contributed by atoms with E-state index in [1.165, 1.54) is 11.3 Å². The molecule has 0 unspecified atom stereocenters. The van der Waals surface area contributed by atoms with E-state index in [0.717, 1.165) is 18.7 Å². The zero-order valence-electron chi connectivity index (χ0n) is 20.5. The molecular formula is C26H29N7O2. The van der Waals surface area contributed by atoms with Gasteiger partial charge in [-0.2, -0.15) is 4.98 Å². The lowest BCUT2D eigenvalue weighted by Crippen LogP contribution is -2.49. The minimum Gasteiger partial charge on any atom is -0.368 e. The van der Waals surface area contributed by atoms with Crippen molar-refractivity contribution in [2.45, 2.75) is 33.1 Å². The Kier molecular flexibility index (Phi) is 5.84. The van der Waals surface area contributed by atoms with Crippen LogP contribution in [0, 0.1) is 6.92 Å². The topological polar surface area (TPSA) is 93.2 Å². The highest BCUT2D eigenvalue weighted by molar-refractivity contribution is 5.92. The summed E-state index contributed by atoms with van der Waals surface area (Å²) in [5.41, 5.74) is 3.42. The van der Waals surface area contributed by atoms with Gasteiger partial charge in [0.05, 0.1) is 0 Å². The number of pyridine rings is 1. The largest absolute Gasteiger partial charge is 0.368 e. The number of amides is 1. The van der Waals surface area contributed by atoms with Crippen LogP contribution in [0.2, 0.25) is 0 Å². The number of benzene rings is 1. The minimum absolute atomic E-state index is 0.0731. The third kappa shape index (κ3) is 4.66. The summed E-state index contributed by atoms with van der Waals surface area (Å²) in [6, 6.07) is 12.0. The Hall–Kier alpha value is -4.01. The summed E-state index contributed by atoms with van der Waals surface area (Å²) >= 11 is 0. The van der Waals surface area contributed by atoms with Crippen LogP contribution >= 0.6 is 0 Å². The second kappa shape index (κ2) is 8.98. The SMILES string of the molecule is Cc1ccccc1N1CCN(C(=O)c2cn(-c3cc(-c4nc(C(C)(C)C)no4)ccn3)cn2)CC1. The molecule has 0 saturated carbocycles. The standard InChI is InChI=1S/C26H29N7O2/c1-18-7-5-6-8-21(18)31-11-13-32(14-12-31)24(34)20-16-33(17-28-20)22-15-19(9-10-27-22)23-29-25(30-35-23)26(2,3)4/h5-10,15-17H,11-14H2,1-4H3. The van der Waals surface area contributed by atoms with Crippen molar-refractivity contribution in [3.05, 3.63) is 72.2 Å². The number of imidazole rings is 1. The number of piperazine rings is 1. The fourth-order valence-electron chi connectivity index (χ4n) is 4.13. The Morgan fingerprint density at radius 3 is 2.51 bits per heavy atom. The number of nitrogens with zero attached hydrogens (tertiary/aromatic N) is 7. The number of carbonyl (C=O) groups is 1. The first-order chi connectivity index (χ1) is 16.8. The van der Waals surface area contributed by atoms with E-state index in [4.69, 9.17) is 4.52 Å². The molecule has 0 radical (unpaired) electrons. The quantitative estimate of drug-likeness (QED) is 0.446. The van der Waals surface area contributed by atoms with Crippen molar-refractivity contribution in [2.24, 2.45) is 0 Å². The molecular weight excluding hydrogens is 442 g/mol. The van der Waals surface area contributed by atoms with Gasteiger partial charge in [-0.25, -0.2) is 9.97 Å². The van der Waals surface area contributed by atoms with Crippen LogP contribution in [-0.2, 0) is 5.41 Å². The average molecular weight is 472 g/mol. The second-order valence-corrected chi connectivity index (χ2v) is 9.81. The number of aromatic nitrogens is 5. The van der Waals surface area contributed by atoms with E-state index in [2.05, 4.69) is 50.1 Å². The summed E-state index contributed by atoms with van der Waals surface area (Å²) in [5, 5.41) is 4.10. The second-order valence-electron chi connectivity index (χ2n) is 9.81. The van der Waals surface area contributed by atoms with Crippen molar-refractivity contribution in [3.8, 4) is 17.3 Å². The van der Waals surface area contributed by atoms with Crippen molar-refractivity contribution in [3.63, 3.8) is 0 Å². The summed E-state index contributed by atoms with van der Waals surface area (Å²) < 4.78 is 7.20. The molecule has 9 nitrogen and oxygen atoms in total. The lowest BCUT2D eigenvalue weighted by molar-refractivity contribution is 0.0741. The summed E-state index contributed by atoms with van der Waals surface area (Å²) in [4.78, 5) is 30.6. The molecule has 9 heteroatoms. The highest BCUT2D eigenvalue weighted by Crippen LogP contribution is 2.25. The predicted molar refractivity (Wildman–Crippen MR) is 133 cm³/mol. The van der Waals surface area contributed by atoms with Crippen LogP contribution in [0.3, 0.4) is 0 Å². The average Bonchev–Trinajstić information content (AvgIpc) is 3.55. The monoisotopic (exact) mass is 471 g/mol. The number of aryl methyl sites for hydroxylation is 1.